The van der Waals surface area contributed by atoms with Gasteiger partial charge in [0.2, 0.25) is 0 Å². The quantitative estimate of drug-likeness (QED) is 0.199. The number of ketones is 1. The number of fused-ring (bicyclic) bond motifs is 1. The van der Waals surface area contributed by atoms with E-state index in [4.69, 9.17) is 14.2 Å². The molecule has 2 aliphatic heterocycles. The lowest BCUT2D eigenvalue weighted by Gasteiger charge is -2.25. The molecule has 1 fully saturated rings. The van der Waals surface area contributed by atoms with Gasteiger partial charge in [-0.3, -0.25) is 9.59 Å². The monoisotopic (exact) mass is 463 g/mol. The Morgan fingerprint density at radius 1 is 1.24 bits per heavy atom. The molecule has 0 saturated carbocycles. The van der Waals surface area contributed by atoms with Crippen LogP contribution in [0.25, 0.3) is 5.76 Å². The van der Waals surface area contributed by atoms with Crippen molar-refractivity contribution >= 4 is 17.4 Å². The van der Waals surface area contributed by atoms with Crippen LogP contribution in [-0.4, -0.2) is 54.7 Å². The van der Waals surface area contributed by atoms with Crippen molar-refractivity contribution < 1.29 is 28.9 Å². The highest BCUT2D eigenvalue weighted by molar-refractivity contribution is 6.46. The highest BCUT2D eigenvalue weighted by Gasteiger charge is 2.45. The number of ether oxygens (including phenoxy) is 3. The zero-order valence-corrected chi connectivity index (χ0v) is 19.5. The summed E-state index contributed by atoms with van der Waals surface area (Å²) in [6.45, 7) is 6.77. The number of carbonyl (C=O) groups excluding carboxylic acids is 2. The number of nitrogens with zero attached hydrogens (tertiary/aromatic N) is 1. The van der Waals surface area contributed by atoms with Crippen LogP contribution in [0.15, 0.2) is 60.7 Å². The molecule has 2 heterocycles. The number of amides is 1. The summed E-state index contributed by atoms with van der Waals surface area (Å²) in [6, 6.07) is 11.8. The van der Waals surface area contributed by atoms with Crippen LogP contribution < -0.4 is 9.47 Å². The molecule has 1 amide bonds. The van der Waals surface area contributed by atoms with E-state index in [0.29, 0.717) is 43.1 Å². The van der Waals surface area contributed by atoms with Crippen molar-refractivity contribution in [3.05, 3.63) is 77.4 Å². The maximum atomic E-state index is 13.1. The molecule has 0 aliphatic carbocycles. The Balaban J connectivity index is 1.75. The van der Waals surface area contributed by atoms with Crippen LogP contribution in [0, 0.1) is 0 Å². The fourth-order valence-corrected chi connectivity index (χ4v) is 4.46. The third-order valence-corrected chi connectivity index (χ3v) is 6.02. The number of likely N-dealkylation sites (tertiary alicyclic amines) is 1. The lowest BCUT2D eigenvalue weighted by atomic mass is 9.94. The summed E-state index contributed by atoms with van der Waals surface area (Å²) in [6.07, 6.45) is 2.99. The van der Waals surface area contributed by atoms with Gasteiger partial charge in [0.15, 0.2) is 0 Å². The van der Waals surface area contributed by atoms with Crippen molar-refractivity contribution in [2.24, 2.45) is 0 Å². The Kier molecular flexibility index (Phi) is 7.03. The Hall–Kier alpha value is -3.58. The minimum Gasteiger partial charge on any atom is -0.507 e. The molecule has 2 atom stereocenters. The van der Waals surface area contributed by atoms with Crippen molar-refractivity contribution in [2.75, 3.05) is 26.9 Å². The van der Waals surface area contributed by atoms with Crippen LogP contribution in [0.2, 0.25) is 0 Å². The first-order chi connectivity index (χ1) is 16.4. The Morgan fingerprint density at radius 2 is 2.00 bits per heavy atom. The molecule has 0 unspecified atom stereocenters. The average Bonchev–Trinajstić information content (AvgIpc) is 3.33. The number of benzene rings is 2. The first-order valence-corrected chi connectivity index (χ1v) is 11.4. The summed E-state index contributed by atoms with van der Waals surface area (Å²) in [5.41, 5.74) is 2.24. The molecule has 0 aromatic heterocycles. The average molecular weight is 464 g/mol. The minimum absolute atomic E-state index is 0.0561. The topological polar surface area (TPSA) is 85.3 Å². The second-order valence-electron chi connectivity index (χ2n) is 8.46. The van der Waals surface area contributed by atoms with E-state index in [1.807, 2.05) is 25.1 Å². The van der Waals surface area contributed by atoms with Crippen molar-refractivity contribution in [2.45, 2.75) is 31.9 Å². The van der Waals surface area contributed by atoms with Gasteiger partial charge in [-0.2, -0.15) is 0 Å². The number of hydrogen-bond donors (Lipinski definition) is 1. The van der Waals surface area contributed by atoms with Crippen molar-refractivity contribution in [1.29, 1.82) is 0 Å². The predicted octanol–water partition coefficient (Wildman–Crippen LogP) is 4.03. The Morgan fingerprint density at radius 3 is 2.71 bits per heavy atom. The van der Waals surface area contributed by atoms with E-state index in [9.17, 15) is 14.7 Å². The normalized spacial score (nSPS) is 20.8. The van der Waals surface area contributed by atoms with Crippen LogP contribution in [-0.2, 0) is 20.7 Å². The number of carbonyl (C=O) groups is 2. The Labute approximate surface area is 199 Å². The summed E-state index contributed by atoms with van der Waals surface area (Å²) in [5, 5.41) is 11.3. The van der Waals surface area contributed by atoms with Gasteiger partial charge in [0.1, 0.15) is 30.0 Å². The lowest BCUT2D eigenvalue weighted by molar-refractivity contribution is -0.140. The lowest BCUT2D eigenvalue weighted by Crippen LogP contribution is -2.31. The second kappa shape index (κ2) is 10.1. The van der Waals surface area contributed by atoms with Gasteiger partial charge in [-0.25, -0.2) is 0 Å². The number of hydrogen-bond acceptors (Lipinski definition) is 6. The zero-order chi connectivity index (χ0) is 24.2. The smallest absolute Gasteiger partial charge is 0.295 e. The van der Waals surface area contributed by atoms with E-state index in [1.54, 1.807) is 37.5 Å². The molecule has 1 N–H and O–H groups in total. The van der Waals surface area contributed by atoms with Gasteiger partial charge >= 0.3 is 0 Å². The molecule has 178 valence electrons. The van der Waals surface area contributed by atoms with E-state index in [2.05, 4.69) is 6.58 Å². The van der Waals surface area contributed by atoms with Crippen molar-refractivity contribution in [3.63, 3.8) is 0 Å². The fraction of sp³-hybridized carbons (Fsp3) is 0.333. The van der Waals surface area contributed by atoms with Gasteiger partial charge in [-0.1, -0.05) is 24.8 Å². The SMILES string of the molecule is C=CCOc1ccc([C@@H]2C(=C(O)c3ccc4c(c3)C[C@@H](C)O4)C(=O)C(=O)N2CCCOC)cc1. The Bertz CT molecular complexity index is 1120. The van der Waals surface area contributed by atoms with Crippen LogP contribution >= 0.6 is 0 Å². The fourth-order valence-electron chi connectivity index (χ4n) is 4.46. The largest absolute Gasteiger partial charge is 0.507 e. The van der Waals surface area contributed by atoms with E-state index < -0.39 is 17.7 Å². The van der Waals surface area contributed by atoms with Crippen LogP contribution in [0.1, 0.15) is 36.1 Å². The van der Waals surface area contributed by atoms with Crippen LogP contribution in [0.5, 0.6) is 11.5 Å². The molecule has 0 bridgehead atoms. The van der Waals surface area contributed by atoms with Crippen molar-refractivity contribution in [1.82, 2.24) is 4.90 Å². The van der Waals surface area contributed by atoms with E-state index >= 15 is 0 Å². The summed E-state index contributed by atoms with van der Waals surface area (Å²) >= 11 is 0. The van der Waals surface area contributed by atoms with Gasteiger partial charge < -0.3 is 24.2 Å². The zero-order valence-electron chi connectivity index (χ0n) is 19.5. The summed E-state index contributed by atoms with van der Waals surface area (Å²) in [7, 11) is 1.59. The van der Waals surface area contributed by atoms with Gasteiger partial charge in [-0.15, -0.1) is 0 Å². The van der Waals surface area contributed by atoms with Crippen LogP contribution in [0.4, 0.5) is 0 Å². The van der Waals surface area contributed by atoms with Gasteiger partial charge in [0.25, 0.3) is 11.7 Å². The molecule has 0 spiro atoms. The molecule has 7 nitrogen and oxygen atoms in total. The number of methoxy groups -OCH3 is 1. The molecular formula is C27H29NO6. The standard InChI is InChI=1S/C27H29NO6/c1-4-13-33-21-9-6-18(7-10-21)24-23(26(30)27(31)28(24)12-5-14-32-3)25(29)19-8-11-22-20(16-19)15-17(2)34-22/h4,6-11,16-17,24,29H,1,5,12-15H2,2-3H3/t17-,24-/m1/s1. The molecule has 34 heavy (non-hydrogen) atoms. The summed E-state index contributed by atoms with van der Waals surface area (Å²) < 4.78 is 16.4. The number of Topliss-reactive ketones (excluding diaryl/α,β-unsaturated/α-hetero) is 1. The molecular weight excluding hydrogens is 434 g/mol. The second-order valence-corrected chi connectivity index (χ2v) is 8.46. The molecule has 0 radical (unpaired) electrons. The summed E-state index contributed by atoms with van der Waals surface area (Å²) in [4.78, 5) is 27.6. The first kappa shape index (κ1) is 23.6. The van der Waals surface area contributed by atoms with Crippen molar-refractivity contribution in [3.8, 4) is 11.5 Å². The number of rotatable bonds is 9. The third kappa shape index (κ3) is 4.56. The third-order valence-electron chi connectivity index (χ3n) is 6.02. The molecule has 1 saturated heterocycles. The molecule has 2 aromatic rings. The van der Waals surface area contributed by atoms with E-state index in [1.165, 1.54) is 4.90 Å². The van der Waals surface area contributed by atoms with E-state index in [0.717, 1.165) is 17.7 Å². The van der Waals surface area contributed by atoms with Gasteiger partial charge in [0.05, 0.1) is 11.6 Å². The summed E-state index contributed by atoms with van der Waals surface area (Å²) in [5.74, 6) is -0.0971. The number of aliphatic hydroxyl groups is 1. The first-order valence-electron chi connectivity index (χ1n) is 11.4. The molecule has 2 aliphatic rings. The molecule has 2 aromatic carbocycles. The van der Waals surface area contributed by atoms with Gasteiger partial charge in [-0.05, 0) is 54.8 Å². The maximum Gasteiger partial charge on any atom is 0.295 e. The maximum absolute atomic E-state index is 13.1. The highest BCUT2D eigenvalue weighted by atomic mass is 16.5. The minimum atomic E-state index is -0.714. The van der Waals surface area contributed by atoms with E-state index in [-0.39, 0.29) is 17.4 Å². The molecule has 7 heteroatoms. The number of aliphatic hydroxyl groups excluding tert-OH is 1. The predicted molar refractivity (Wildman–Crippen MR) is 128 cm³/mol. The highest BCUT2D eigenvalue weighted by Crippen LogP contribution is 2.41. The van der Waals surface area contributed by atoms with Crippen LogP contribution in [0.3, 0.4) is 0 Å². The van der Waals surface area contributed by atoms with Gasteiger partial charge in [0, 0.05) is 32.2 Å². The molecule has 4 rings (SSSR count).